The minimum Gasteiger partial charge on any atom is -0.334 e. The highest BCUT2D eigenvalue weighted by molar-refractivity contribution is 5.94. The van der Waals surface area contributed by atoms with Gasteiger partial charge in [0, 0.05) is 24.2 Å². The molecule has 104 valence electrons. The van der Waals surface area contributed by atoms with Crippen LogP contribution in [0.5, 0.6) is 0 Å². The molecular formula is C16H19N3O. The first-order valence-corrected chi connectivity index (χ1v) is 7.32. The fourth-order valence-corrected chi connectivity index (χ4v) is 2.79. The lowest BCUT2D eigenvalue weighted by atomic mass is 10.1. The number of carbonyl (C=O) groups excluding carboxylic acids is 1. The summed E-state index contributed by atoms with van der Waals surface area (Å²) >= 11 is 0. The van der Waals surface area contributed by atoms with E-state index in [9.17, 15) is 4.79 Å². The molecule has 0 spiro atoms. The van der Waals surface area contributed by atoms with Gasteiger partial charge in [0.2, 0.25) is 0 Å². The maximum atomic E-state index is 12.6. The number of amides is 1. The summed E-state index contributed by atoms with van der Waals surface area (Å²) in [6.45, 7) is 1.87. The molecule has 1 heterocycles. The minimum absolute atomic E-state index is 0.102. The molecule has 4 nitrogen and oxygen atoms in total. The number of hydrogen-bond donors (Lipinski definition) is 1. The first-order valence-electron chi connectivity index (χ1n) is 7.32. The molecule has 0 bridgehead atoms. The van der Waals surface area contributed by atoms with E-state index >= 15 is 0 Å². The average molecular weight is 269 g/mol. The van der Waals surface area contributed by atoms with Gasteiger partial charge in [-0.25, -0.2) is 0 Å². The molecule has 1 amide bonds. The van der Waals surface area contributed by atoms with Gasteiger partial charge in [0.25, 0.3) is 5.91 Å². The molecule has 1 aliphatic carbocycles. The Morgan fingerprint density at radius 1 is 1.30 bits per heavy atom. The fourth-order valence-electron chi connectivity index (χ4n) is 2.79. The molecule has 0 aromatic heterocycles. The van der Waals surface area contributed by atoms with Crippen LogP contribution in [0.2, 0.25) is 0 Å². The van der Waals surface area contributed by atoms with E-state index < -0.39 is 0 Å². The van der Waals surface area contributed by atoms with E-state index in [1.165, 1.54) is 6.42 Å². The molecule has 1 saturated heterocycles. The Labute approximate surface area is 119 Å². The van der Waals surface area contributed by atoms with E-state index in [1.807, 2.05) is 4.90 Å². The van der Waals surface area contributed by atoms with Crippen molar-refractivity contribution in [3.63, 3.8) is 0 Å². The maximum Gasteiger partial charge on any atom is 0.254 e. The molecule has 1 aliphatic heterocycles. The summed E-state index contributed by atoms with van der Waals surface area (Å²) in [5.41, 5.74) is 1.28. The Bertz CT molecular complexity index is 522. The summed E-state index contributed by atoms with van der Waals surface area (Å²) < 4.78 is 0. The monoisotopic (exact) mass is 269 g/mol. The Morgan fingerprint density at radius 2 is 2.05 bits per heavy atom. The van der Waals surface area contributed by atoms with Gasteiger partial charge in [-0.1, -0.05) is 0 Å². The SMILES string of the molecule is N#Cc1ccc(C(=O)N(CC2CCCN2)C2CC2)cc1. The predicted molar refractivity (Wildman–Crippen MR) is 76.2 cm³/mol. The van der Waals surface area contributed by atoms with E-state index in [0.717, 1.165) is 32.4 Å². The Hall–Kier alpha value is -1.86. The van der Waals surface area contributed by atoms with Crippen LogP contribution in [0.15, 0.2) is 24.3 Å². The van der Waals surface area contributed by atoms with Crippen molar-refractivity contribution < 1.29 is 4.79 Å². The third-order valence-corrected chi connectivity index (χ3v) is 4.09. The topological polar surface area (TPSA) is 56.1 Å². The first-order chi connectivity index (χ1) is 9.78. The van der Waals surface area contributed by atoms with E-state index in [1.54, 1.807) is 24.3 Å². The third-order valence-electron chi connectivity index (χ3n) is 4.09. The molecule has 3 rings (SSSR count). The second-order valence-corrected chi connectivity index (χ2v) is 5.67. The lowest BCUT2D eigenvalue weighted by molar-refractivity contribution is 0.0728. The number of carbonyl (C=O) groups is 1. The van der Waals surface area contributed by atoms with Gasteiger partial charge < -0.3 is 10.2 Å². The van der Waals surface area contributed by atoms with Gasteiger partial charge in [-0.2, -0.15) is 5.26 Å². The van der Waals surface area contributed by atoms with Gasteiger partial charge in [0.05, 0.1) is 11.6 Å². The van der Waals surface area contributed by atoms with Gasteiger partial charge in [0.1, 0.15) is 0 Å². The van der Waals surface area contributed by atoms with Crippen LogP contribution in [0.4, 0.5) is 0 Å². The number of nitrogens with one attached hydrogen (secondary N) is 1. The van der Waals surface area contributed by atoms with Crippen LogP contribution in [0.25, 0.3) is 0 Å². The molecule has 1 N–H and O–H groups in total. The van der Waals surface area contributed by atoms with Gasteiger partial charge >= 0.3 is 0 Å². The molecule has 2 aliphatic rings. The van der Waals surface area contributed by atoms with Crippen LogP contribution in [-0.4, -0.2) is 36.0 Å². The Morgan fingerprint density at radius 3 is 2.60 bits per heavy atom. The summed E-state index contributed by atoms with van der Waals surface area (Å²) in [6.07, 6.45) is 4.60. The summed E-state index contributed by atoms with van der Waals surface area (Å²) in [6, 6.07) is 9.89. The number of benzene rings is 1. The van der Waals surface area contributed by atoms with Gasteiger partial charge in [0.15, 0.2) is 0 Å². The van der Waals surface area contributed by atoms with Crippen molar-refractivity contribution >= 4 is 5.91 Å². The molecule has 0 radical (unpaired) electrons. The normalized spacial score (nSPS) is 21.4. The highest BCUT2D eigenvalue weighted by Crippen LogP contribution is 2.29. The molecule has 20 heavy (non-hydrogen) atoms. The van der Waals surface area contributed by atoms with Crippen LogP contribution < -0.4 is 5.32 Å². The summed E-state index contributed by atoms with van der Waals surface area (Å²) in [5, 5.41) is 12.3. The number of rotatable bonds is 4. The van der Waals surface area contributed by atoms with E-state index in [0.29, 0.717) is 23.2 Å². The van der Waals surface area contributed by atoms with Crippen molar-refractivity contribution in [2.45, 2.75) is 37.8 Å². The van der Waals surface area contributed by atoms with E-state index in [-0.39, 0.29) is 5.91 Å². The average Bonchev–Trinajstić information content (AvgIpc) is 3.21. The van der Waals surface area contributed by atoms with Gasteiger partial charge in [-0.3, -0.25) is 4.79 Å². The quantitative estimate of drug-likeness (QED) is 0.908. The van der Waals surface area contributed by atoms with Crippen molar-refractivity contribution in [2.24, 2.45) is 0 Å². The van der Waals surface area contributed by atoms with Crippen molar-refractivity contribution in [1.82, 2.24) is 10.2 Å². The van der Waals surface area contributed by atoms with E-state index in [2.05, 4.69) is 11.4 Å². The molecule has 2 fully saturated rings. The summed E-state index contributed by atoms with van der Waals surface area (Å²) in [7, 11) is 0. The largest absolute Gasteiger partial charge is 0.334 e. The predicted octanol–water partition coefficient (Wildman–Crippen LogP) is 1.91. The van der Waals surface area contributed by atoms with Gasteiger partial charge in [-0.15, -0.1) is 0 Å². The van der Waals surface area contributed by atoms with Crippen molar-refractivity contribution in [3.05, 3.63) is 35.4 Å². The van der Waals surface area contributed by atoms with Gasteiger partial charge in [-0.05, 0) is 56.5 Å². The van der Waals surface area contributed by atoms with Crippen LogP contribution in [0.3, 0.4) is 0 Å². The van der Waals surface area contributed by atoms with Crippen molar-refractivity contribution in [1.29, 1.82) is 5.26 Å². The van der Waals surface area contributed by atoms with Crippen LogP contribution >= 0.6 is 0 Å². The number of nitrogens with zero attached hydrogens (tertiary/aromatic N) is 2. The Kier molecular flexibility index (Phi) is 3.70. The van der Waals surface area contributed by atoms with Crippen molar-refractivity contribution in [2.75, 3.05) is 13.1 Å². The highest BCUT2D eigenvalue weighted by Gasteiger charge is 2.34. The molecule has 4 heteroatoms. The lowest BCUT2D eigenvalue weighted by Gasteiger charge is -2.26. The zero-order chi connectivity index (χ0) is 13.9. The molecule has 1 saturated carbocycles. The zero-order valence-electron chi connectivity index (χ0n) is 11.5. The molecule has 1 atom stereocenters. The maximum absolute atomic E-state index is 12.6. The highest BCUT2D eigenvalue weighted by atomic mass is 16.2. The fraction of sp³-hybridized carbons (Fsp3) is 0.500. The number of nitriles is 1. The van der Waals surface area contributed by atoms with Crippen LogP contribution in [0.1, 0.15) is 41.6 Å². The number of hydrogen-bond acceptors (Lipinski definition) is 3. The standard InChI is InChI=1S/C16H19N3O/c17-10-12-3-5-13(6-4-12)16(20)19(15-7-8-15)11-14-2-1-9-18-14/h3-6,14-15,18H,1-2,7-9,11H2. The Balaban J connectivity index is 1.72. The zero-order valence-corrected chi connectivity index (χ0v) is 11.5. The van der Waals surface area contributed by atoms with Crippen LogP contribution in [-0.2, 0) is 0 Å². The second kappa shape index (κ2) is 5.64. The minimum atomic E-state index is 0.102. The first kappa shape index (κ1) is 13.1. The van der Waals surface area contributed by atoms with Crippen molar-refractivity contribution in [3.8, 4) is 6.07 Å². The van der Waals surface area contributed by atoms with E-state index in [4.69, 9.17) is 5.26 Å². The molecule has 1 aromatic rings. The second-order valence-electron chi connectivity index (χ2n) is 5.67. The lowest BCUT2D eigenvalue weighted by Crippen LogP contribution is -2.42. The third kappa shape index (κ3) is 2.83. The van der Waals surface area contributed by atoms with Crippen LogP contribution in [0, 0.1) is 11.3 Å². The summed E-state index contributed by atoms with van der Waals surface area (Å²) in [5.74, 6) is 0.102. The molecule has 1 unspecified atom stereocenters. The summed E-state index contributed by atoms with van der Waals surface area (Å²) in [4.78, 5) is 14.6. The molecular weight excluding hydrogens is 250 g/mol. The molecule has 1 aromatic carbocycles. The smallest absolute Gasteiger partial charge is 0.254 e.